The Morgan fingerprint density at radius 3 is 2.65 bits per heavy atom. The molecule has 98 valence electrons. The molecule has 3 atom stereocenters. The van der Waals surface area contributed by atoms with Crippen LogP contribution in [-0.2, 0) is 9.59 Å². The Bertz CT molecular complexity index is 281. The number of hydrogen-bond acceptors (Lipinski definition) is 3. The van der Waals surface area contributed by atoms with Gasteiger partial charge in [-0.2, -0.15) is 0 Å². The van der Waals surface area contributed by atoms with Crippen LogP contribution in [0.5, 0.6) is 0 Å². The molecular weight excluding hydrogens is 220 g/mol. The zero-order valence-corrected chi connectivity index (χ0v) is 10.3. The molecular formula is C12H22N2O3. The van der Waals surface area contributed by atoms with Crippen molar-refractivity contribution in [1.29, 1.82) is 0 Å². The monoisotopic (exact) mass is 242 g/mol. The Kier molecular flexibility index (Phi) is 5.41. The summed E-state index contributed by atoms with van der Waals surface area (Å²) in [6.45, 7) is 1.97. The van der Waals surface area contributed by atoms with E-state index in [2.05, 4.69) is 5.32 Å². The van der Waals surface area contributed by atoms with Crippen molar-refractivity contribution in [1.82, 2.24) is 5.32 Å². The fourth-order valence-electron chi connectivity index (χ4n) is 2.33. The summed E-state index contributed by atoms with van der Waals surface area (Å²) in [4.78, 5) is 22.8. The first-order valence-electron chi connectivity index (χ1n) is 6.35. The van der Waals surface area contributed by atoms with Crippen molar-refractivity contribution in [3.05, 3.63) is 0 Å². The smallest absolute Gasteiger partial charge is 0.308 e. The minimum Gasteiger partial charge on any atom is -0.481 e. The van der Waals surface area contributed by atoms with Gasteiger partial charge in [0.25, 0.3) is 0 Å². The van der Waals surface area contributed by atoms with Gasteiger partial charge in [-0.1, -0.05) is 26.2 Å². The van der Waals surface area contributed by atoms with E-state index < -0.39 is 17.9 Å². The second kappa shape index (κ2) is 6.59. The second-order valence-corrected chi connectivity index (χ2v) is 4.74. The molecule has 0 bridgehead atoms. The molecule has 0 heterocycles. The maximum Gasteiger partial charge on any atom is 0.308 e. The number of aliphatic carboxylic acids is 1. The molecule has 5 heteroatoms. The van der Waals surface area contributed by atoms with E-state index in [4.69, 9.17) is 10.8 Å². The van der Waals surface area contributed by atoms with Crippen molar-refractivity contribution >= 4 is 11.9 Å². The standard InChI is InChI=1S/C12H22N2O3/c1-2-5-9(13)11(15)14-10-7-4-3-6-8(10)12(16)17/h8-10H,2-7,13H2,1H3,(H,14,15)(H,16,17). The molecule has 5 nitrogen and oxygen atoms in total. The largest absolute Gasteiger partial charge is 0.481 e. The van der Waals surface area contributed by atoms with Gasteiger partial charge in [-0.3, -0.25) is 9.59 Å². The SMILES string of the molecule is CCCC(N)C(=O)NC1CCCCC1C(=O)O. The summed E-state index contributed by atoms with van der Waals surface area (Å²) in [5.41, 5.74) is 5.71. The first-order chi connectivity index (χ1) is 8.06. The van der Waals surface area contributed by atoms with Crippen LogP contribution in [0.15, 0.2) is 0 Å². The normalized spacial score (nSPS) is 26.2. The van der Waals surface area contributed by atoms with E-state index in [1.165, 1.54) is 0 Å². The third kappa shape index (κ3) is 4.00. The minimum absolute atomic E-state index is 0.218. The highest BCUT2D eigenvalue weighted by Gasteiger charge is 2.32. The minimum atomic E-state index is -0.820. The summed E-state index contributed by atoms with van der Waals surface area (Å²) < 4.78 is 0. The van der Waals surface area contributed by atoms with Crippen molar-refractivity contribution in [2.24, 2.45) is 11.7 Å². The average Bonchev–Trinajstić information content (AvgIpc) is 2.29. The van der Waals surface area contributed by atoms with Crippen LogP contribution in [0.2, 0.25) is 0 Å². The van der Waals surface area contributed by atoms with Crippen LogP contribution < -0.4 is 11.1 Å². The highest BCUT2D eigenvalue weighted by Crippen LogP contribution is 2.24. The summed E-state index contributed by atoms with van der Waals surface area (Å²) >= 11 is 0. The van der Waals surface area contributed by atoms with Gasteiger partial charge in [0.05, 0.1) is 12.0 Å². The van der Waals surface area contributed by atoms with E-state index in [1.54, 1.807) is 0 Å². The zero-order valence-electron chi connectivity index (χ0n) is 10.3. The fraction of sp³-hybridized carbons (Fsp3) is 0.833. The van der Waals surface area contributed by atoms with Crippen molar-refractivity contribution in [3.63, 3.8) is 0 Å². The van der Waals surface area contributed by atoms with E-state index in [1.807, 2.05) is 6.92 Å². The summed E-state index contributed by atoms with van der Waals surface area (Å²) in [6.07, 6.45) is 4.75. The highest BCUT2D eigenvalue weighted by atomic mass is 16.4. The lowest BCUT2D eigenvalue weighted by atomic mass is 9.84. The number of hydrogen-bond donors (Lipinski definition) is 3. The van der Waals surface area contributed by atoms with E-state index in [0.717, 1.165) is 25.7 Å². The van der Waals surface area contributed by atoms with Gasteiger partial charge >= 0.3 is 5.97 Å². The number of carbonyl (C=O) groups excluding carboxylic acids is 1. The Labute approximate surface area is 102 Å². The summed E-state index contributed by atoms with van der Waals surface area (Å²) in [7, 11) is 0. The van der Waals surface area contributed by atoms with Crippen LogP contribution >= 0.6 is 0 Å². The number of carboxylic acid groups (broad SMARTS) is 1. The zero-order chi connectivity index (χ0) is 12.8. The lowest BCUT2D eigenvalue weighted by molar-refractivity contribution is -0.144. The lowest BCUT2D eigenvalue weighted by Crippen LogP contribution is -2.50. The van der Waals surface area contributed by atoms with Gasteiger partial charge in [-0.25, -0.2) is 0 Å². The van der Waals surface area contributed by atoms with Crippen LogP contribution in [0.3, 0.4) is 0 Å². The van der Waals surface area contributed by atoms with Crippen molar-refractivity contribution < 1.29 is 14.7 Å². The van der Waals surface area contributed by atoms with Crippen molar-refractivity contribution in [2.75, 3.05) is 0 Å². The van der Waals surface area contributed by atoms with Crippen molar-refractivity contribution in [3.8, 4) is 0 Å². The Balaban J connectivity index is 2.52. The van der Waals surface area contributed by atoms with Crippen molar-refractivity contribution in [2.45, 2.75) is 57.5 Å². The Morgan fingerprint density at radius 1 is 1.41 bits per heavy atom. The number of amides is 1. The van der Waals surface area contributed by atoms with Crippen LogP contribution in [-0.4, -0.2) is 29.1 Å². The molecule has 4 N–H and O–H groups in total. The number of rotatable bonds is 5. The molecule has 1 aliphatic carbocycles. The van der Waals surface area contributed by atoms with Gasteiger partial charge in [0.15, 0.2) is 0 Å². The molecule has 17 heavy (non-hydrogen) atoms. The molecule has 1 aliphatic rings. The Morgan fingerprint density at radius 2 is 2.06 bits per heavy atom. The second-order valence-electron chi connectivity index (χ2n) is 4.74. The maximum atomic E-state index is 11.7. The highest BCUT2D eigenvalue weighted by molar-refractivity contribution is 5.82. The summed E-state index contributed by atoms with van der Waals surface area (Å²) in [5.74, 6) is -1.49. The maximum absolute atomic E-state index is 11.7. The fourth-order valence-corrected chi connectivity index (χ4v) is 2.33. The van der Waals surface area contributed by atoms with Crippen LogP contribution in [0.1, 0.15) is 45.4 Å². The number of nitrogens with two attached hydrogens (primary N) is 1. The number of carbonyl (C=O) groups is 2. The molecule has 0 aromatic rings. The first kappa shape index (κ1) is 14.0. The molecule has 0 aromatic heterocycles. The van der Waals surface area contributed by atoms with Crippen LogP contribution in [0.4, 0.5) is 0 Å². The molecule has 0 radical (unpaired) electrons. The molecule has 0 spiro atoms. The third-order valence-electron chi connectivity index (χ3n) is 3.35. The molecule has 1 amide bonds. The Hall–Kier alpha value is -1.10. The average molecular weight is 242 g/mol. The van der Waals surface area contributed by atoms with Crippen LogP contribution in [0, 0.1) is 5.92 Å². The summed E-state index contributed by atoms with van der Waals surface area (Å²) in [6, 6.07) is -0.770. The van der Waals surface area contributed by atoms with E-state index in [-0.39, 0.29) is 11.9 Å². The predicted octanol–water partition coefficient (Wildman–Crippen LogP) is 0.873. The predicted molar refractivity (Wildman–Crippen MR) is 64.4 cm³/mol. The first-order valence-corrected chi connectivity index (χ1v) is 6.35. The van der Waals surface area contributed by atoms with Gasteiger partial charge in [0, 0.05) is 6.04 Å². The van der Waals surface area contributed by atoms with Gasteiger partial charge in [0.2, 0.25) is 5.91 Å². The molecule has 0 aromatic carbocycles. The van der Waals surface area contributed by atoms with Gasteiger partial charge in [0.1, 0.15) is 0 Å². The number of carboxylic acids is 1. The molecule has 3 unspecified atom stereocenters. The molecule has 0 aliphatic heterocycles. The van der Waals surface area contributed by atoms with Gasteiger partial charge < -0.3 is 16.2 Å². The molecule has 1 fully saturated rings. The molecule has 1 rings (SSSR count). The summed E-state index contributed by atoms with van der Waals surface area (Å²) in [5, 5.41) is 11.9. The molecule has 0 saturated heterocycles. The molecule has 1 saturated carbocycles. The van der Waals surface area contributed by atoms with E-state index in [9.17, 15) is 9.59 Å². The van der Waals surface area contributed by atoms with E-state index in [0.29, 0.717) is 12.8 Å². The van der Waals surface area contributed by atoms with E-state index >= 15 is 0 Å². The van der Waals surface area contributed by atoms with Gasteiger partial charge in [-0.05, 0) is 19.3 Å². The van der Waals surface area contributed by atoms with Gasteiger partial charge in [-0.15, -0.1) is 0 Å². The quantitative estimate of drug-likeness (QED) is 0.667. The third-order valence-corrected chi connectivity index (χ3v) is 3.35. The topological polar surface area (TPSA) is 92.4 Å². The lowest BCUT2D eigenvalue weighted by Gasteiger charge is -2.30. The number of nitrogens with one attached hydrogen (secondary N) is 1. The van der Waals surface area contributed by atoms with Crippen LogP contribution in [0.25, 0.3) is 0 Å².